The number of rotatable bonds is 12. The SMILES string of the molecule is [N-]=[N+]=NCc1ncccc1C(=O)OC1C[C@H](n2cnc3c(=O)[nH]c(N)nc32)O[C@@H]1COP(=O)(O)OP(=O)(O)OP(=O)(O)O. The molecular weight excluding hydrogens is 647 g/mol. The van der Waals surface area contributed by atoms with Crippen molar-refractivity contribution in [1.29, 1.82) is 0 Å². The van der Waals surface area contributed by atoms with Gasteiger partial charge in [-0.15, -0.1) is 0 Å². The lowest BCUT2D eigenvalue weighted by Gasteiger charge is -2.21. The second kappa shape index (κ2) is 12.6. The fraction of sp³-hybridized carbons (Fsp3) is 0.353. The average Bonchev–Trinajstić information content (AvgIpc) is 3.48. The maximum atomic E-state index is 13.1. The first-order chi connectivity index (χ1) is 20.1. The van der Waals surface area contributed by atoms with Crippen molar-refractivity contribution >= 4 is 46.5 Å². The molecule has 26 heteroatoms. The van der Waals surface area contributed by atoms with E-state index in [-0.39, 0.29) is 41.3 Å². The third-order valence-corrected chi connectivity index (χ3v) is 9.21. The van der Waals surface area contributed by atoms with E-state index in [2.05, 4.69) is 43.1 Å². The molecule has 0 bridgehead atoms. The molecule has 0 radical (unpaired) electrons. The number of phosphoric acid groups is 3. The molecule has 0 spiro atoms. The van der Waals surface area contributed by atoms with Gasteiger partial charge in [-0.25, -0.2) is 23.5 Å². The summed E-state index contributed by atoms with van der Waals surface area (Å²) < 4.78 is 59.5. The van der Waals surface area contributed by atoms with Crippen LogP contribution in [-0.2, 0) is 42.9 Å². The zero-order valence-corrected chi connectivity index (χ0v) is 23.8. The summed E-state index contributed by atoms with van der Waals surface area (Å²) in [6.45, 7) is -1.27. The standard InChI is InChI=1S/C17H20N9O14P3/c18-17-23-14-13(15(27)24-17)21-7-26(14)12-4-10(38-16(28)8-2-1-3-20-9(8)5-22-25-19)11(37-12)6-36-42(32,33)40-43(34,35)39-41(29,30)31/h1-3,7,10-12H,4-6H2,(H,32,33)(H,34,35)(H2,29,30,31)(H3,18,23,24,27)/t10?,11-,12-/m1/s1. The third-order valence-electron chi connectivity index (χ3n) is 5.41. The van der Waals surface area contributed by atoms with Crippen molar-refractivity contribution in [1.82, 2.24) is 24.5 Å². The van der Waals surface area contributed by atoms with Gasteiger partial charge in [0.1, 0.15) is 18.4 Å². The molecule has 4 rings (SSSR count). The van der Waals surface area contributed by atoms with Crippen LogP contribution in [0.25, 0.3) is 21.6 Å². The Kier molecular flexibility index (Phi) is 9.48. The third kappa shape index (κ3) is 8.30. The minimum absolute atomic E-state index is 0.0335. The second-order valence-electron chi connectivity index (χ2n) is 8.36. The minimum Gasteiger partial charge on any atom is -0.456 e. The number of azide groups is 1. The van der Waals surface area contributed by atoms with Crippen LogP contribution in [0.4, 0.5) is 5.95 Å². The Morgan fingerprint density at radius 1 is 1.23 bits per heavy atom. The van der Waals surface area contributed by atoms with Gasteiger partial charge >= 0.3 is 29.4 Å². The molecule has 1 saturated heterocycles. The number of anilines is 1. The van der Waals surface area contributed by atoms with Gasteiger partial charge in [-0.1, -0.05) is 5.11 Å². The van der Waals surface area contributed by atoms with Gasteiger partial charge in [0.25, 0.3) is 5.56 Å². The Morgan fingerprint density at radius 3 is 2.67 bits per heavy atom. The molecule has 1 fully saturated rings. The normalized spacial score (nSPS) is 21.5. The minimum atomic E-state index is -5.81. The Morgan fingerprint density at radius 2 is 1.98 bits per heavy atom. The number of pyridine rings is 1. The first kappa shape index (κ1) is 32.4. The van der Waals surface area contributed by atoms with Crippen LogP contribution in [0.2, 0.25) is 0 Å². The van der Waals surface area contributed by atoms with E-state index >= 15 is 0 Å². The van der Waals surface area contributed by atoms with Crippen molar-refractivity contribution < 1.29 is 60.7 Å². The Labute approximate surface area is 237 Å². The number of hydrogen-bond donors (Lipinski definition) is 6. The number of nitrogens with two attached hydrogens (primary N) is 1. The van der Waals surface area contributed by atoms with E-state index in [1.807, 2.05) is 0 Å². The number of H-pyrrole nitrogens is 1. The number of nitrogens with one attached hydrogen (secondary N) is 1. The van der Waals surface area contributed by atoms with Gasteiger partial charge < -0.3 is 34.8 Å². The van der Waals surface area contributed by atoms with Gasteiger partial charge in [-0.05, 0) is 17.7 Å². The molecule has 23 nitrogen and oxygen atoms in total. The fourth-order valence-electron chi connectivity index (χ4n) is 3.82. The van der Waals surface area contributed by atoms with Crippen molar-refractivity contribution in [2.24, 2.45) is 5.11 Å². The summed E-state index contributed by atoms with van der Waals surface area (Å²) >= 11 is 0. The molecule has 0 amide bonds. The monoisotopic (exact) mass is 667 g/mol. The summed E-state index contributed by atoms with van der Waals surface area (Å²) in [6, 6.07) is 2.73. The molecule has 3 unspecified atom stereocenters. The van der Waals surface area contributed by atoms with E-state index < -0.39 is 60.0 Å². The topological polar surface area (TPSA) is 347 Å². The quantitative estimate of drug-likeness (QED) is 0.0510. The predicted octanol–water partition coefficient (Wildman–Crippen LogP) is 0.763. The number of carbonyl (C=O) groups is 1. The Hall–Kier alpha value is -3.55. The van der Waals surface area contributed by atoms with Crippen LogP contribution in [-0.4, -0.2) is 68.9 Å². The molecule has 1 aliphatic heterocycles. The molecule has 3 aromatic rings. The molecular formula is C17H20N9O14P3. The van der Waals surface area contributed by atoms with E-state index in [4.69, 9.17) is 30.5 Å². The van der Waals surface area contributed by atoms with E-state index in [0.717, 1.165) is 0 Å². The number of esters is 1. The maximum absolute atomic E-state index is 13.1. The summed E-state index contributed by atoms with van der Waals surface area (Å²) in [7, 11) is -17.0. The maximum Gasteiger partial charge on any atom is 0.490 e. The van der Waals surface area contributed by atoms with Gasteiger partial charge in [-0.2, -0.15) is 13.6 Å². The summed E-state index contributed by atoms with van der Waals surface area (Å²) in [5.41, 5.74) is 13.4. The number of fused-ring (bicyclic) bond motifs is 1. The first-order valence-corrected chi connectivity index (χ1v) is 15.9. The Balaban J connectivity index is 1.59. The molecule has 232 valence electrons. The lowest BCUT2D eigenvalue weighted by Crippen LogP contribution is -2.31. The molecule has 0 aliphatic carbocycles. The lowest BCUT2D eigenvalue weighted by atomic mass is 10.1. The second-order valence-corrected chi connectivity index (χ2v) is 12.8. The average molecular weight is 667 g/mol. The van der Waals surface area contributed by atoms with Crippen LogP contribution in [0.1, 0.15) is 28.7 Å². The first-order valence-electron chi connectivity index (χ1n) is 11.4. The number of carbonyl (C=O) groups excluding carboxylic acids is 1. The van der Waals surface area contributed by atoms with Crippen LogP contribution >= 0.6 is 23.5 Å². The number of nitrogens with zero attached hydrogens (tertiary/aromatic N) is 7. The highest BCUT2D eigenvalue weighted by molar-refractivity contribution is 7.66. The summed E-state index contributed by atoms with van der Waals surface area (Å²) in [6.07, 6.45) is -1.53. The van der Waals surface area contributed by atoms with Crippen molar-refractivity contribution in [3.05, 3.63) is 56.7 Å². The lowest BCUT2D eigenvalue weighted by molar-refractivity contribution is -0.0490. The number of hydrogen-bond acceptors (Lipinski definition) is 15. The van der Waals surface area contributed by atoms with Crippen LogP contribution in [0.15, 0.2) is 34.6 Å². The molecule has 43 heavy (non-hydrogen) atoms. The molecule has 1 aliphatic rings. The van der Waals surface area contributed by atoms with Crippen LogP contribution < -0.4 is 11.3 Å². The van der Waals surface area contributed by atoms with Crippen molar-refractivity contribution in [2.75, 3.05) is 12.3 Å². The zero-order chi connectivity index (χ0) is 31.6. The molecule has 3 aromatic heterocycles. The molecule has 0 saturated carbocycles. The van der Waals surface area contributed by atoms with Crippen molar-refractivity contribution in [3.8, 4) is 0 Å². The van der Waals surface area contributed by atoms with Gasteiger partial charge in [0.05, 0.1) is 30.7 Å². The largest absolute Gasteiger partial charge is 0.490 e. The highest BCUT2D eigenvalue weighted by Crippen LogP contribution is 2.66. The van der Waals surface area contributed by atoms with Gasteiger partial charge in [0.2, 0.25) is 5.95 Å². The van der Waals surface area contributed by atoms with Crippen molar-refractivity contribution in [3.63, 3.8) is 0 Å². The fourth-order valence-corrected chi connectivity index (χ4v) is 6.85. The van der Waals surface area contributed by atoms with E-state index in [9.17, 15) is 33.1 Å². The van der Waals surface area contributed by atoms with Crippen molar-refractivity contribution in [2.45, 2.75) is 31.4 Å². The molecule has 7 N–H and O–H groups in total. The number of aromatic amines is 1. The number of phosphoric ester groups is 1. The summed E-state index contributed by atoms with van der Waals surface area (Å²) in [5, 5.41) is 3.36. The van der Waals surface area contributed by atoms with E-state index in [1.54, 1.807) is 0 Å². The smallest absolute Gasteiger partial charge is 0.456 e. The molecule has 5 atom stereocenters. The van der Waals surface area contributed by atoms with Gasteiger partial charge in [0, 0.05) is 17.5 Å². The van der Waals surface area contributed by atoms with Crippen LogP contribution in [0, 0.1) is 0 Å². The molecule has 0 aromatic carbocycles. The predicted molar refractivity (Wildman–Crippen MR) is 137 cm³/mol. The van der Waals surface area contributed by atoms with Gasteiger partial charge in [0.15, 0.2) is 11.2 Å². The number of aromatic nitrogens is 5. The van der Waals surface area contributed by atoms with Crippen LogP contribution in [0.3, 0.4) is 0 Å². The zero-order valence-electron chi connectivity index (χ0n) is 21.1. The highest BCUT2D eigenvalue weighted by atomic mass is 31.3. The number of imidazole rings is 1. The highest BCUT2D eigenvalue weighted by Gasteiger charge is 2.44. The van der Waals surface area contributed by atoms with E-state index in [0.29, 0.717) is 0 Å². The molecule has 4 heterocycles. The van der Waals surface area contributed by atoms with E-state index in [1.165, 1.54) is 29.2 Å². The summed E-state index contributed by atoms with van der Waals surface area (Å²) in [5.74, 6) is -1.24. The number of ether oxygens (including phenoxy) is 2. The number of nitrogen functional groups attached to an aromatic ring is 1. The van der Waals surface area contributed by atoms with Gasteiger partial charge in [-0.3, -0.25) is 23.9 Å². The Bertz CT molecular complexity index is 1790. The summed E-state index contributed by atoms with van der Waals surface area (Å²) in [4.78, 5) is 78.7. The van der Waals surface area contributed by atoms with Crippen LogP contribution in [0.5, 0.6) is 0 Å².